The van der Waals surface area contributed by atoms with Crippen molar-refractivity contribution in [2.24, 2.45) is 10.7 Å². The van der Waals surface area contributed by atoms with Crippen LogP contribution in [0.15, 0.2) is 133 Å². The van der Waals surface area contributed by atoms with E-state index in [-0.39, 0.29) is 0 Å². The molecule has 2 nitrogen and oxygen atoms in total. The van der Waals surface area contributed by atoms with Gasteiger partial charge in [0.1, 0.15) is 0 Å². The second-order valence-electron chi connectivity index (χ2n) is 12.7. The average Bonchev–Trinajstić information content (AvgIpc) is 3.20. The fourth-order valence-corrected chi connectivity index (χ4v) is 6.16. The quantitative estimate of drug-likeness (QED) is 0.152. The molecule has 0 saturated carbocycles. The van der Waals surface area contributed by atoms with E-state index >= 15 is 0 Å². The molecule has 0 fully saturated rings. The Hall–Kier alpha value is -4.79. The van der Waals surface area contributed by atoms with Crippen LogP contribution in [-0.2, 0) is 6.42 Å². The third kappa shape index (κ3) is 14.3. The Morgan fingerprint density at radius 1 is 0.774 bits per heavy atom. The van der Waals surface area contributed by atoms with Crippen LogP contribution >= 0.6 is 0 Å². The second-order valence-corrected chi connectivity index (χ2v) is 12.7. The largest absolute Gasteiger partial charge is 0.330 e. The van der Waals surface area contributed by atoms with Crippen LogP contribution in [0.4, 0.5) is 0 Å². The first-order valence-corrected chi connectivity index (χ1v) is 19.8. The van der Waals surface area contributed by atoms with Gasteiger partial charge in [0.15, 0.2) is 0 Å². The highest BCUT2D eigenvalue weighted by atomic mass is 14.7. The molecule has 0 aromatic heterocycles. The zero-order chi connectivity index (χ0) is 39.0. The zero-order valence-corrected chi connectivity index (χ0v) is 34.3. The van der Waals surface area contributed by atoms with E-state index in [4.69, 9.17) is 5.73 Å². The molecule has 1 aliphatic rings. The molecule has 0 amide bonds. The number of aryl methyl sites for hydroxylation is 2. The normalized spacial score (nSPS) is 11.5. The highest BCUT2D eigenvalue weighted by Gasteiger charge is 2.05. The first kappa shape index (κ1) is 44.4. The first-order valence-electron chi connectivity index (χ1n) is 19.8. The van der Waals surface area contributed by atoms with Crippen LogP contribution in [0.25, 0.3) is 39.1 Å². The number of hydrogen-bond acceptors (Lipinski definition) is 2. The van der Waals surface area contributed by atoms with E-state index in [9.17, 15) is 0 Å². The Labute approximate surface area is 322 Å². The van der Waals surface area contributed by atoms with E-state index < -0.39 is 0 Å². The van der Waals surface area contributed by atoms with E-state index in [1.54, 1.807) is 0 Å². The van der Waals surface area contributed by atoms with Gasteiger partial charge in [-0.05, 0) is 145 Å². The third-order valence-corrected chi connectivity index (χ3v) is 8.85. The molecule has 0 unspecified atom stereocenters. The molecule has 0 aliphatic carbocycles. The van der Waals surface area contributed by atoms with Gasteiger partial charge in [-0.15, -0.1) is 0 Å². The number of benzene rings is 5. The summed E-state index contributed by atoms with van der Waals surface area (Å²) in [5, 5.41) is 5.03. The van der Waals surface area contributed by atoms with Crippen molar-refractivity contribution in [2.45, 2.75) is 94.4 Å². The summed E-state index contributed by atoms with van der Waals surface area (Å²) in [5.74, 6) is 0. The topological polar surface area (TPSA) is 38.4 Å². The molecule has 5 aromatic rings. The molecule has 280 valence electrons. The maximum Gasteiger partial charge on any atom is 0.0673 e. The summed E-state index contributed by atoms with van der Waals surface area (Å²) in [6.07, 6.45) is 14.5. The molecule has 2 heteroatoms. The molecule has 1 heterocycles. The number of rotatable bonds is 9. The third-order valence-electron chi connectivity index (χ3n) is 8.85. The predicted octanol–water partition coefficient (Wildman–Crippen LogP) is 13.0. The van der Waals surface area contributed by atoms with Gasteiger partial charge < -0.3 is 5.73 Å². The summed E-state index contributed by atoms with van der Waals surface area (Å²) in [5.41, 5.74) is 17.1. The smallest absolute Gasteiger partial charge is 0.0673 e. The summed E-state index contributed by atoms with van der Waals surface area (Å²) in [6.45, 7) is 24.3. The molecule has 53 heavy (non-hydrogen) atoms. The van der Waals surface area contributed by atoms with Gasteiger partial charge in [-0.25, -0.2) is 0 Å². The fourth-order valence-electron chi connectivity index (χ4n) is 6.16. The number of fused-ring (bicyclic) bond motifs is 2. The lowest BCUT2D eigenvalue weighted by atomic mass is 9.97. The van der Waals surface area contributed by atoms with Crippen molar-refractivity contribution < 1.29 is 0 Å². The summed E-state index contributed by atoms with van der Waals surface area (Å²) < 4.78 is 0. The lowest BCUT2D eigenvalue weighted by Crippen LogP contribution is -2.30. The Balaban J connectivity index is 0.000000268. The van der Waals surface area contributed by atoms with Crippen LogP contribution in [0, 0.1) is 13.8 Å². The first-order chi connectivity index (χ1) is 25.8. The van der Waals surface area contributed by atoms with Crippen molar-refractivity contribution in [3.05, 3.63) is 166 Å². The molecule has 0 atom stereocenters. The zero-order valence-electron chi connectivity index (χ0n) is 34.3. The molecule has 0 radical (unpaired) electrons. The number of nitrogens with zero attached hydrogens (tertiary/aromatic N) is 1. The van der Waals surface area contributed by atoms with Gasteiger partial charge in [0.25, 0.3) is 0 Å². The molecule has 2 N–H and O–H groups in total. The van der Waals surface area contributed by atoms with Crippen molar-refractivity contribution in [3.8, 4) is 11.1 Å². The van der Waals surface area contributed by atoms with Crippen molar-refractivity contribution in [1.82, 2.24) is 0 Å². The highest BCUT2D eigenvalue weighted by Crippen LogP contribution is 2.24. The van der Waals surface area contributed by atoms with Crippen molar-refractivity contribution in [2.75, 3.05) is 13.1 Å². The maximum atomic E-state index is 5.50. The SMILES string of the molecule is C/C=C(/CC/C=C/CC)c1ccccc1C.C=C(C)c1cccc(-c2cc(C)c3c(c2)=CCCN=3)c1.CC.CC.NCCc1ccc2ccccc2c1. The minimum absolute atomic E-state index is 0.721. The molecular weight excluding hydrogens is 641 g/mol. The Morgan fingerprint density at radius 2 is 1.49 bits per heavy atom. The summed E-state index contributed by atoms with van der Waals surface area (Å²) in [7, 11) is 0. The molecule has 6 rings (SSSR count). The molecular formula is C51H66N2. The molecule has 1 aliphatic heterocycles. The summed E-state index contributed by atoms with van der Waals surface area (Å²) in [4.78, 5) is 4.63. The maximum absolute atomic E-state index is 5.50. The minimum atomic E-state index is 0.721. The van der Waals surface area contributed by atoms with Crippen molar-refractivity contribution >= 4 is 28.0 Å². The Bertz CT molecular complexity index is 2030. The van der Waals surface area contributed by atoms with E-state index in [0.29, 0.717) is 0 Å². The lowest BCUT2D eigenvalue weighted by molar-refractivity contribution is 0.951. The van der Waals surface area contributed by atoms with Gasteiger partial charge in [0.2, 0.25) is 0 Å². The van der Waals surface area contributed by atoms with Gasteiger partial charge in [-0.1, -0.05) is 156 Å². The number of allylic oxidation sites excluding steroid dienone is 5. The van der Waals surface area contributed by atoms with E-state index in [2.05, 4.69) is 167 Å². The van der Waals surface area contributed by atoms with Crippen LogP contribution < -0.4 is 16.3 Å². The standard InChI is InChI=1S/C19H19N.C16H22.C12H13N.2C2H6/c1-13(2)15-6-4-7-16(11-15)18-10-14(3)19-17(12-18)8-5-9-20-19;1-4-6-7-8-12-15(5-2)16-13-10-9-11-14(16)3;13-8-7-10-5-6-11-3-1-2-4-12(11)9-10;2*1-2/h4,6-8,10-12H,1,5,9H2,2-3H3;5-7,9-11,13H,4,8,12H2,1-3H3;1-6,9H,7-8,13H2;2*1-2H3/b;7-6+,15-5-;;;. The number of nitrogens with two attached hydrogens (primary N) is 1. The predicted molar refractivity (Wildman–Crippen MR) is 239 cm³/mol. The fraction of sp³-hybridized carbons (Fsp3) is 0.314. The van der Waals surface area contributed by atoms with Gasteiger partial charge in [-0.2, -0.15) is 0 Å². The molecule has 5 aromatic carbocycles. The van der Waals surface area contributed by atoms with Crippen LogP contribution in [0.2, 0.25) is 0 Å². The van der Waals surface area contributed by atoms with E-state index in [1.807, 2.05) is 34.6 Å². The molecule has 0 bridgehead atoms. The Morgan fingerprint density at radius 3 is 2.17 bits per heavy atom. The van der Waals surface area contributed by atoms with Gasteiger partial charge in [0.05, 0.1) is 5.36 Å². The number of hydrogen-bond donors (Lipinski definition) is 1. The van der Waals surface area contributed by atoms with Gasteiger partial charge in [0, 0.05) is 6.54 Å². The highest BCUT2D eigenvalue weighted by molar-refractivity contribution is 5.83. The van der Waals surface area contributed by atoms with E-state index in [0.717, 1.165) is 56.1 Å². The molecule has 0 saturated heterocycles. The van der Waals surface area contributed by atoms with Gasteiger partial charge in [-0.3, -0.25) is 4.99 Å². The van der Waals surface area contributed by atoms with Gasteiger partial charge >= 0.3 is 0 Å². The Kier molecular flexibility index (Phi) is 21.1. The van der Waals surface area contributed by atoms with Crippen molar-refractivity contribution in [1.29, 1.82) is 0 Å². The summed E-state index contributed by atoms with van der Waals surface area (Å²) >= 11 is 0. The average molecular weight is 707 g/mol. The van der Waals surface area contributed by atoms with Crippen LogP contribution in [0.3, 0.4) is 0 Å². The second kappa shape index (κ2) is 25.2. The van der Waals surface area contributed by atoms with Crippen LogP contribution in [0.5, 0.6) is 0 Å². The van der Waals surface area contributed by atoms with E-state index in [1.165, 1.54) is 60.5 Å². The summed E-state index contributed by atoms with van der Waals surface area (Å²) in [6, 6.07) is 36.6. The molecule has 0 spiro atoms. The van der Waals surface area contributed by atoms with Crippen molar-refractivity contribution in [3.63, 3.8) is 0 Å². The van der Waals surface area contributed by atoms with Crippen LogP contribution in [0.1, 0.15) is 102 Å². The lowest BCUT2D eigenvalue weighted by Gasteiger charge is -2.09. The monoisotopic (exact) mass is 707 g/mol. The van der Waals surface area contributed by atoms with Crippen LogP contribution in [-0.4, -0.2) is 13.1 Å². The minimum Gasteiger partial charge on any atom is -0.330 e.